The molecule has 2 N–H and O–H groups in total. The highest BCUT2D eigenvalue weighted by atomic mass is 32.2. The molecule has 0 aliphatic heterocycles. The zero-order chi connectivity index (χ0) is 21.0. The summed E-state index contributed by atoms with van der Waals surface area (Å²) in [6.07, 6.45) is 5.38. The highest BCUT2D eigenvalue weighted by molar-refractivity contribution is 7.92. The lowest BCUT2D eigenvalue weighted by Gasteiger charge is -2.12. The van der Waals surface area contributed by atoms with E-state index in [1.54, 1.807) is 55.5 Å². The molecule has 0 saturated carbocycles. The van der Waals surface area contributed by atoms with Gasteiger partial charge < -0.3 is 5.32 Å². The summed E-state index contributed by atoms with van der Waals surface area (Å²) in [7, 11) is -3.85. The van der Waals surface area contributed by atoms with Crippen molar-refractivity contribution >= 4 is 27.3 Å². The van der Waals surface area contributed by atoms with Gasteiger partial charge in [0.2, 0.25) is 0 Å². The summed E-state index contributed by atoms with van der Waals surface area (Å²) < 4.78 is 28.3. The Bertz CT molecular complexity index is 1210. The molecule has 0 aliphatic rings. The van der Waals surface area contributed by atoms with E-state index in [1.807, 2.05) is 19.1 Å². The number of sulfonamides is 1. The minimum absolute atomic E-state index is 0.0445. The first-order chi connectivity index (χ1) is 13.8. The predicted octanol–water partition coefficient (Wildman–Crippen LogP) is 4.34. The van der Waals surface area contributed by atoms with Crippen LogP contribution < -0.4 is 10.0 Å². The lowest BCUT2D eigenvalue weighted by atomic mass is 10.1. The largest absolute Gasteiger partial charge is 0.322 e. The predicted molar refractivity (Wildman–Crippen MR) is 115 cm³/mol. The van der Waals surface area contributed by atoms with Crippen LogP contribution in [0.1, 0.15) is 27.0 Å². The van der Waals surface area contributed by atoms with Gasteiger partial charge in [-0.15, -0.1) is 6.42 Å². The van der Waals surface area contributed by atoms with E-state index in [0.29, 0.717) is 22.5 Å². The number of terminal acetylenes is 1. The molecule has 0 radical (unpaired) electrons. The third-order valence-electron chi connectivity index (χ3n) is 4.33. The summed E-state index contributed by atoms with van der Waals surface area (Å²) in [4.78, 5) is 12.7. The molecule has 1 amide bonds. The summed E-state index contributed by atoms with van der Waals surface area (Å²) >= 11 is 0. The molecule has 0 atom stereocenters. The lowest BCUT2D eigenvalue weighted by Crippen LogP contribution is -2.17. The van der Waals surface area contributed by atoms with Gasteiger partial charge in [-0.2, -0.15) is 0 Å². The molecular weight excluding hydrogens is 384 g/mol. The molecule has 0 spiro atoms. The number of carbonyl (C=O) groups is 1. The van der Waals surface area contributed by atoms with Gasteiger partial charge >= 0.3 is 0 Å². The zero-order valence-corrected chi connectivity index (χ0v) is 16.9. The number of rotatable bonds is 5. The molecule has 0 unspecified atom stereocenters. The molecule has 0 aromatic heterocycles. The molecule has 0 heterocycles. The first-order valence-corrected chi connectivity index (χ1v) is 10.3. The van der Waals surface area contributed by atoms with E-state index in [-0.39, 0.29) is 10.5 Å². The second kappa shape index (κ2) is 8.21. The molecule has 3 rings (SSSR count). The Morgan fingerprint density at radius 1 is 0.931 bits per heavy atom. The van der Waals surface area contributed by atoms with Crippen LogP contribution in [0.25, 0.3) is 0 Å². The third-order valence-corrected chi connectivity index (χ3v) is 5.85. The Labute approximate surface area is 170 Å². The van der Waals surface area contributed by atoms with Crippen molar-refractivity contribution in [3.8, 4) is 12.3 Å². The number of hydrogen-bond donors (Lipinski definition) is 2. The van der Waals surface area contributed by atoms with Crippen molar-refractivity contribution in [1.29, 1.82) is 0 Å². The summed E-state index contributed by atoms with van der Waals surface area (Å²) in [5, 5.41) is 2.74. The van der Waals surface area contributed by atoms with E-state index in [9.17, 15) is 13.2 Å². The number of anilines is 2. The average molecular weight is 404 g/mol. The number of amides is 1. The molecule has 5 nitrogen and oxygen atoms in total. The van der Waals surface area contributed by atoms with Crippen LogP contribution in [0.15, 0.2) is 71.6 Å². The summed E-state index contributed by atoms with van der Waals surface area (Å²) in [5.41, 5.74) is 3.42. The minimum Gasteiger partial charge on any atom is -0.322 e. The summed E-state index contributed by atoms with van der Waals surface area (Å²) in [5.74, 6) is 2.08. The van der Waals surface area contributed by atoms with Crippen molar-refractivity contribution < 1.29 is 13.2 Å². The Balaban J connectivity index is 1.87. The Morgan fingerprint density at radius 2 is 1.66 bits per heavy atom. The quantitative estimate of drug-likeness (QED) is 0.621. The summed E-state index contributed by atoms with van der Waals surface area (Å²) in [6, 6.07) is 18.5. The van der Waals surface area contributed by atoms with Gasteiger partial charge in [0.1, 0.15) is 0 Å². The van der Waals surface area contributed by atoms with Crippen LogP contribution in [0.2, 0.25) is 0 Å². The molecule has 146 valence electrons. The van der Waals surface area contributed by atoms with Crippen molar-refractivity contribution in [3.05, 3.63) is 89.0 Å². The van der Waals surface area contributed by atoms with Crippen LogP contribution in [0.4, 0.5) is 11.4 Å². The second-order valence-corrected chi connectivity index (χ2v) is 8.28. The Kier molecular flexibility index (Phi) is 5.71. The van der Waals surface area contributed by atoms with Crippen molar-refractivity contribution in [2.24, 2.45) is 0 Å². The van der Waals surface area contributed by atoms with Gasteiger partial charge in [0.05, 0.1) is 4.90 Å². The van der Waals surface area contributed by atoms with Crippen LogP contribution in [0.5, 0.6) is 0 Å². The number of carbonyl (C=O) groups excluding carboxylic acids is 1. The van der Waals surface area contributed by atoms with Gasteiger partial charge in [-0.1, -0.05) is 35.7 Å². The lowest BCUT2D eigenvalue weighted by molar-refractivity contribution is 0.102. The second-order valence-electron chi connectivity index (χ2n) is 6.63. The number of nitrogens with one attached hydrogen (secondary N) is 2. The zero-order valence-electron chi connectivity index (χ0n) is 16.1. The maximum absolute atomic E-state index is 12.9. The molecule has 0 bridgehead atoms. The monoisotopic (exact) mass is 404 g/mol. The molecular formula is C23H20N2O3S. The van der Waals surface area contributed by atoms with Crippen LogP contribution in [0.3, 0.4) is 0 Å². The molecule has 0 aliphatic carbocycles. The third kappa shape index (κ3) is 4.84. The number of benzene rings is 3. The van der Waals surface area contributed by atoms with Crippen molar-refractivity contribution in [3.63, 3.8) is 0 Å². The number of aryl methyl sites for hydroxylation is 2. The minimum atomic E-state index is -3.85. The van der Waals surface area contributed by atoms with Gasteiger partial charge in [-0.25, -0.2) is 8.42 Å². The highest BCUT2D eigenvalue weighted by Crippen LogP contribution is 2.22. The molecule has 0 saturated heterocycles. The highest BCUT2D eigenvalue weighted by Gasteiger charge is 2.19. The van der Waals surface area contributed by atoms with E-state index in [1.165, 1.54) is 6.07 Å². The van der Waals surface area contributed by atoms with Gasteiger partial charge in [-0.3, -0.25) is 9.52 Å². The molecule has 29 heavy (non-hydrogen) atoms. The van der Waals surface area contributed by atoms with Crippen molar-refractivity contribution in [2.75, 3.05) is 10.0 Å². The van der Waals surface area contributed by atoms with Gasteiger partial charge in [0, 0.05) is 22.5 Å². The van der Waals surface area contributed by atoms with E-state index in [4.69, 9.17) is 6.42 Å². The Morgan fingerprint density at radius 3 is 2.34 bits per heavy atom. The van der Waals surface area contributed by atoms with Crippen molar-refractivity contribution in [2.45, 2.75) is 18.7 Å². The summed E-state index contributed by atoms with van der Waals surface area (Å²) in [6.45, 7) is 3.60. The molecule has 3 aromatic rings. The fourth-order valence-corrected chi connectivity index (χ4v) is 4.08. The normalized spacial score (nSPS) is 10.8. The van der Waals surface area contributed by atoms with Crippen LogP contribution >= 0.6 is 0 Å². The maximum atomic E-state index is 12.9. The standard InChI is InChI=1S/C23H20N2O3S/c1-4-18-6-5-7-21(14-18)24-23(26)19-11-10-17(3)22(15-19)29(27,28)25-20-12-8-16(2)9-13-20/h1,5-15,25H,2-3H3,(H,24,26). The van der Waals surface area contributed by atoms with Crippen LogP contribution in [0, 0.1) is 26.2 Å². The topological polar surface area (TPSA) is 75.3 Å². The first-order valence-electron chi connectivity index (χ1n) is 8.87. The fourth-order valence-electron chi connectivity index (χ4n) is 2.75. The Hall–Kier alpha value is -3.56. The van der Waals surface area contributed by atoms with E-state index < -0.39 is 15.9 Å². The first kappa shape index (κ1) is 20.2. The smallest absolute Gasteiger partial charge is 0.262 e. The van der Waals surface area contributed by atoms with Gasteiger partial charge in [0.15, 0.2) is 0 Å². The van der Waals surface area contributed by atoms with Gasteiger partial charge in [0.25, 0.3) is 15.9 Å². The van der Waals surface area contributed by atoms with Crippen molar-refractivity contribution in [1.82, 2.24) is 0 Å². The van der Waals surface area contributed by atoms with Gasteiger partial charge in [-0.05, 0) is 61.9 Å². The number of hydrogen-bond acceptors (Lipinski definition) is 3. The SMILES string of the molecule is C#Cc1cccc(NC(=O)c2ccc(C)c(S(=O)(=O)Nc3ccc(C)cc3)c2)c1. The van der Waals surface area contributed by atoms with Crippen LogP contribution in [-0.4, -0.2) is 14.3 Å². The van der Waals surface area contributed by atoms with E-state index in [2.05, 4.69) is 16.0 Å². The molecule has 3 aromatic carbocycles. The average Bonchev–Trinajstić information content (AvgIpc) is 2.70. The maximum Gasteiger partial charge on any atom is 0.262 e. The van der Waals surface area contributed by atoms with E-state index in [0.717, 1.165) is 5.56 Å². The van der Waals surface area contributed by atoms with E-state index >= 15 is 0 Å². The fraction of sp³-hybridized carbons (Fsp3) is 0.0870. The van der Waals surface area contributed by atoms with Crippen LogP contribution in [-0.2, 0) is 10.0 Å². The molecule has 6 heteroatoms. The molecule has 0 fully saturated rings.